The number of hydrogen-bond donors (Lipinski definition) is 0. The van der Waals surface area contributed by atoms with Crippen molar-refractivity contribution in [3.05, 3.63) is 34.9 Å². The van der Waals surface area contributed by atoms with E-state index in [9.17, 15) is 59.4 Å². The van der Waals surface area contributed by atoms with Crippen LogP contribution in [0.1, 0.15) is 118 Å². The van der Waals surface area contributed by atoms with Crippen LogP contribution in [0.25, 0.3) is 0 Å². The van der Waals surface area contributed by atoms with Crippen LogP contribution in [-0.2, 0) is 28.8 Å². The minimum absolute atomic E-state index is 0.211. The van der Waals surface area contributed by atoms with Crippen molar-refractivity contribution < 1.29 is 59.4 Å². The maximum absolute atomic E-state index is 10.3. The van der Waals surface area contributed by atoms with Gasteiger partial charge in [0.15, 0.2) is 0 Å². The Balaban J connectivity index is -0.000000159. The fourth-order valence-corrected chi connectivity index (χ4v) is 4.60. The van der Waals surface area contributed by atoms with E-state index in [1.54, 1.807) is 45.0 Å². The fraction of sp³-hybridized carbons (Fsp3) is 0.625. The van der Waals surface area contributed by atoms with Crippen LogP contribution in [0.15, 0.2) is 34.9 Å². The molecule has 0 heterocycles. The Morgan fingerprint density at radius 1 is 0.413 bits per heavy atom. The second-order valence-electron chi connectivity index (χ2n) is 9.35. The number of carboxylic acids is 6. The van der Waals surface area contributed by atoms with Crippen LogP contribution < -0.4 is 30.6 Å². The molecule has 0 aromatic rings. The molecule has 0 aromatic carbocycles. The average Bonchev–Trinajstić information content (AvgIpc) is 2.96. The summed E-state index contributed by atoms with van der Waals surface area (Å²) in [5, 5.41) is 60.8. The van der Waals surface area contributed by atoms with E-state index >= 15 is 0 Å². The summed E-state index contributed by atoms with van der Waals surface area (Å²) in [7, 11) is 0. The summed E-state index contributed by atoms with van der Waals surface area (Å²) in [6.07, 6.45) is 12.3. The minimum atomic E-state index is -1.50. The van der Waals surface area contributed by atoms with Gasteiger partial charge >= 0.3 is 93.5 Å². The van der Waals surface area contributed by atoms with E-state index < -0.39 is 35.8 Å². The standard InChI is InChI=1S/3C8H12O4.2C4H9.2Sn/c3*1-2-3-4-6(8(11)12)5-7(9)10;2*1-3-4-2;;/h3*5H,2-4H2,1H3,(H,9,10)(H,11,12);2*1,3-4H2,2H3;;/q;;;;;2*+3/p-6/b3*6-5-;;;;. The van der Waals surface area contributed by atoms with Gasteiger partial charge in [0, 0.05) is 0 Å². The van der Waals surface area contributed by atoms with Crippen LogP contribution in [0.2, 0.25) is 8.87 Å². The Hall–Kier alpha value is -2.36. The summed E-state index contributed by atoms with van der Waals surface area (Å²) < 4.78 is 2.87. The SMILES string of the molecule is CCCC/C(=C/C(=O)[O-])C(=O)[O-].CCCC/C(=C/C(=O)[O-])C(=O)[O-].CCCC/C(=C/C(=O)[O-])C(=O)[O-].CCC[CH2][Sn+3].CCC[CH2][Sn+3]. The molecule has 0 aliphatic heterocycles. The van der Waals surface area contributed by atoms with Gasteiger partial charge in [-0.25, -0.2) is 0 Å². The second kappa shape index (κ2) is 40.7. The summed E-state index contributed by atoms with van der Waals surface area (Å²) in [4.78, 5) is 60.8. The Morgan fingerprint density at radius 3 is 0.696 bits per heavy atom. The van der Waals surface area contributed by atoms with E-state index in [1.165, 1.54) is 34.6 Å². The number of aliphatic carboxylic acids is 6. The molecule has 0 saturated heterocycles. The van der Waals surface area contributed by atoms with E-state index in [1.807, 2.05) is 20.8 Å². The van der Waals surface area contributed by atoms with Crippen LogP contribution in [0.3, 0.4) is 0 Å². The molecule has 0 aromatic heterocycles. The number of rotatable bonds is 19. The van der Waals surface area contributed by atoms with Crippen molar-refractivity contribution in [3.8, 4) is 0 Å². The third kappa shape index (κ3) is 48.5. The number of carboxylic acid groups (broad SMARTS) is 6. The van der Waals surface area contributed by atoms with Crippen molar-refractivity contribution >= 4 is 80.9 Å². The fourth-order valence-electron chi connectivity index (χ4n) is 2.58. The zero-order valence-electron chi connectivity index (χ0n) is 27.7. The maximum atomic E-state index is 10.3. The third-order valence-electron chi connectivity index (χ3n) is 5.12. The predicted molar refractivity (Wildman–Crippen MR) is 164 cm³/mol. The van der Waals surface area contributed by atoms with Crippen molar-refractivity contribution in [3.63, 3.8) is 0 Å². The summed E-state index contributed by atoms with van der Waals surface area (Å²) >= 11 is 3.37. The zero-order valence-corrected chi connectivity index (χ0v) is 33.4. The zero-order chi connectivity index (χ0) is 36.9. The van der Waals surface area contributed by atoms with Crippen molar-refractivity contribution in [2.24, 2.45) is 0 Å². The summed E-state index contributed by atoms with van der Waals surface area (Å²) in [5.74, 6) is -8.80. The van der Waals surface area contributed by atoms with Crippen molar-refractivity contribution in [1.29, 1.82) is 0 Å². The van der Waals surface area contributed by atoms with Crippen molar-refractivity contribution in [2.75, 3.05) is 0 Å². The van der Waals surface area contributed by atoms with Gasteiger partial charge in [0.05, 0.1) is 35.8 Å². The molecule has 12 nitrogen and oxygen atoms in total. The average molecular weight is 862 g/mol. The molecule has 0 saturated carbocycles. The Bertz CT molecular complexity index is 822. The molecular formula is C32H48O12Sn2. The molecule has 0 amide bonds. The summed E-state index contributed by atoms with van der Waals surface area (Å²) in [6, 6.07) is 0. The van der Waals surface area contributed by atoms with Gasteiger partial charge < -0.3 is 59.4 Å². The topological polar surface area (TPSA) is 241 Å². The molecule has 0 atom stereocenters. The summed E-state index contributed by atoms with van der Waals surface area (Å²) in [6.45, 7) is 10.1. The number of unbranched alkanes of at least 4 members (excludes halogenated alkanes) is 5. The van der Waals surface area contributed by atoms with E-state index in [0.29, 0.717) is 37.5 Å². The monoisotopic (exact) mass is 864 g/mol. The molecule has 0 unspecified atom stereocenters. The number of hydrogen-bond acceptors (Lipinski definition) is 12. The quantitative estimate of drug-likeness (QED) is 0.107. The molecule has 0 aliphatic rings. The Labute approximate surface area is 300 Å². The molecule has 0 rings (SSSR count). The first-order chi connectivity index (χ1) is 21.6. The van der Waals surface area contributed by atoms with Crippen LogP contribution in [0.5, 0.6) is 0 Å². The molecule has 256 valence electrons. The van der Waals surface area contributed by atoms with E-state index in [0.717, 1.165) is 19.3 Å². The van der Waals surface area contributed by atoms with Crippen LogP contribution in [0, 0.1) is 0 Å². The number of carbonyl (C=O) groups is 6. The molecule has 46 heavy (non-hydrogen) atoms. The van der Waals surface area contributed by atoms with Crippen molar-refractivity contribution in [2.45, 2.75) is 127 Å². The van der Waals surface area contributed by atoms with Gasteiger partial charge in [-0.05, 0) is 73.5 Å². The molecule has 0 aliphatic carbocycles. The first-order valence-corrected chi connectivity index (χ1v) is 19.3. The van der Waals surface area contributed by atoms with Gasteiger partial charge in [0.25, 0.3) is 0 Å². The second-order valence-corrected chi connectivity index (χ2v) is 12.2. The Kier molecular flexibility index (Phi) is 47.0. The van der Waals surface area contributed by atoms with Crippen molar-refractivity contribution in [1.82, 2.24) is 0 Å². The van der Waals surface area contributed by atoms with Gasteiger partial charge in [0.2, 0.25) is 0 Å². The van der Waals surface area contributed by atoms with E-state index in [-0.39, 0.29) is 36.0 Å². The number of carbonyl (C=O) groups excluding carboxylic acids is 6. The predicted octanol–water partition coefficient (Wildman–Crippen LogP) is -1.44. The van der Waals surface area contributed by atoms with Crippen LogP contribution in [0.4, 0.5) is 0 Å². The normalized spacial score (nSPS) is 10.7. The molecule has 0 radical (unpaired) electrons. The van der Waals surface area contributed by atoms with E-state index in [2.05, 4.69) is 13.8 Å². The summed E-state index contributed by atoms with van der Waals surface area (Å²) in [5.41, 5.74) is -0.634. The first-order valence-electron chi connectivity index (χ1n) is 15.2. The van der Waals surface area contributed by atoms with Gasteiger partial charge in [-0.2, -0.15) is 0 Å². The van der Waals surface area contributed by atoms with Gasteiger partial charge in [-0.15, -0.1) is 0 Å². The van der Waals surface area contributed by atoms with Crippen LogP contribution in [-0.4, -0.2) is 80.9 Å². The molecule has 0 N–H and O–H groups in total. The molecule has 0 fully saturated rings. The van der Waals surface area contributed by atoms with Gasteiger partial charge in [0.1, 0.15) is 0 Å². The molecule has 0 bridgehead atoms. The molecular weight excluding hydrogens is 814 g/mol. The first kappa shape index (κ1) is 53.1. The third-order valence-corrected chi connectivity index (χ3v) is 7.14. The van der Waals surface area contributed by atoms with E-state index in [4.69, 9.17) is 0 Å². The Morgan fingerprint density at radius 2 is 0.609 bits per heavy atom. The molecule has 0 spiro atoms. The van der Waals surface area contributed by atoms with Gasteiger partial charge in [-0.1, -0.05) is 40.0 Å². The van der Waals surface area contributed by atoms with Crippen LogP contribution >= 0.6 is 0 Å². The molecule has 14 heteroatoms. The van der Waals surface area contributed by atoms with Gasteiger partial charge in [-0.3, -0.25) is 0 Å².